The number of rotatable bonds is 9. The summed E-state index contributed by atoms with van der Waals surface area (Å²) in [4.78, 5) is 2.46. The first kappa shape index (κ1) is 38.9. The van der Waals surface area contributed by atoms with Crippen molar-refractivity contribution < 1.29 is 0 Å². The van der Waals surface area contributed by atoms with Gasteiger partial charge in [0.25, 0.3) is 0 Å². The number of hydrogen-bond acceptors (Lipinski definition) is 1. The molecule has 0 amide bonds. The average molecular weight is 841 g/mol. The third-order valence-corrected chi connectivity index (χ3v) is 13.0. The second-order valence-electron chi connectivity index (χ2n) is 16.9. The van der Waals surface area contributed by atoms with Gasteiger partial charge in [-0.3, -0.25) is 0 Å². The van der Waals surface area contributed by atoms with Gasteiger partial charge in [-0.25, -0.2) is 0 Å². The molecule has 0 N–H and O–H groups in total. The van der Waals surface area contributed by atoms with Crippen LogP contribution in [0.2, 0.25) is 0 Å². The summed E-state index contributed by atoms with van der Waals surface area (Å²) in [6, 6.07) is 97.0. The van der Waals surface area contributed by atoms with E-state index in [1.165, 1.54) is 77.1 Å². The Morgan fingerprint density at radius 3 is 1.36 bits per heavy atom. The Morgan fingerprint density at radius 1 is 0.258 bits per heavy atom. The maximum Gasteiger partial charge on any atom is 0.0702 e. The Bertz CT molecular complexity index is 3640. The summed E-state index contributed by atoms with van der Waals surface area (Å²) >= 11 is 0. The van der Waals surface area contributed by atoms with Gasteiger partial charge in [-0.05, 0) is 109 Å². The molecule has 11 aromatic carbocycles. The van der Waals surface area contributed by atoms with Gasteiger partial charge < -0.3 is 9.47 Å². The van der Waals surface area contributed by atoms with E-state index in [0.717, 1.165) is 33.9 Å². The third-order valence-electron chi connectivity index (χ3n) is 13.0. The summed E-state index contributed by atoms with van der Waals surface area (Å²) in [7, 11) is 0. The predicted octanol–water partition coefficient (Wildman–Crippen LogP) is 17.7. The van der Waals surface area contributed by atoms with Crippen molar-refractivity contribution in [3.63, 3.8) is 0 Å². The van der Waals surface area contributed by atoms with E-state index in [-0.39, 0.29) is 0 Å². The smallest absolute Gasteiger partial charge is 0.0702 e. The van der Waals surface area contributed by atoms with Crippen LogP contribution >= 0.6 is 0 Å². The lowest BCUT2D eigenvalue weighted by atomic mass is 9.88. The summed E-state index contributed by atoms with van der Waals surface area (Å²) in [5.74, 6) is 0. The van der Waals surface area contributed by atoms with E-state index in [9.17, 15) is 0 Å². The molecule has 0 unspecified atom stereocenters. The Hall–Kier alpha value is -8.72. The third kappa shape index (κ3) is 6.93. The minimum Gasteiger partial charge on any atom is -0.308 e. The first-order valence-corrected chi connectivity index (χ1v) is 22.7. The summed E-state index contributed by atoms with van der Waals surface area (Å²) in [6.07, 6.45) is 0. The molecule has 1 heterocycles. The molecule has 12 aromatic rings. The highest BCUT2D eigenvalue weighted by Gasteiger charge is 2.24. The van der Waals surface area contributed by atoms with Gasteiger partial charge in [-0.1, -0.05) is 218 Å². The van der Waals surface area contributed by atoms with E-state index in [4.69, 9.17) is 0 Å². The van der Waals surface area contributed by atoms with Gasteiger partial charge in [0.2, 0.25) is 0 Å². The molecule has 0 spiro atoms. The fourth-order valence-electron chi connectivity index (χ4n) is 9.90. The molecule has 310 valence electrons. The van der Waals surface area contributed by atoms with Gasteiger partial charge in [0.1, 0.15) is 0 Å². The van der Waals surface area contributed by atoms with Crippen LogP contribution in [0.3, 0.4) is 0 Å². The van der Waals surface area contributed by atoms with Crippen molar-refractivity contribution in [2.45, 2.75) is 0 Å². The van der Waals surface area contributed by atoms with Crippen LogP contribution in [0.15, 0.2) is 267 Å². The van der Waals surface area contributed by atoms with Crippen molar-refractivity contribution in [2.75, 3.05) is 4.90 Å². The summed E-state index contributed by atoms with van der Waals surface area (Å²) in [5, 5.41) is 4.97. The van der Waals surface area contributed by atoms with E-state index in [1.54, 1.807) is 0 Å². The largest absolute Gasteiger partial charge is 0.308 e. The van der Waals surface area contributed by atoms with Gasteiger partial charge in [-0.2, -0.15) is 0 Å². The lowest BCUT2D eigenvalue weighted by molar-refractivity contribution is 1.15. The van der Waals surface area contributed by atoms with E-state index in [1.807, 2.05) is 0 Å². The van der Waals surface area contributed by atoms with Crippen LogP contribution in [0.25, 0.3) is 93.9 Å². The first-order valence-electron chi connectivity index (χ1n) is 22.7. The fraction of sp³-hybridized carbons (Fsp3) is 0. The van der Waals surface area contributed by atoms with E-state index in [0.29, 0.717) is 0 Å². The van der Waals surface area contributed by atoms with E-state index < -0.39 is 0 Å². The highest BCUT2D eigenvalue weighted by Crippen LogP contribution is 2.47. The number of para-hydroxylation sites is 5. The van der Waals surface area contributed by atoms with Crippen molar-refractivity contribution in [3.05, 3.63) is 267 Å². The number of benzene rings is 11. The minimum atomic E-state index is 1.06. The Morgan fingerprint density at radius 2 is 0.697 bits per heavy atom. The molecule has 0 radical (unpaired) electrons. The van der Waals surface area contributed by atoms with Gasteiger partial charge in [0.15, 0.2) is 0 Å². The zero-order valence-electron chi connectivity index (χ0n) is 36.3. The molecule has 0 aliphatic heterocycles. The van der Waals surface area contributed by atoms with Gasteiger partial charge in [0, 0.05) is 22.0 Å². The topological polar surface area (TPSA) is 8.17 Å². The molecule has 0 saturated carbocycles. The Labute approximate surface area is 385 Å². The zero-order chi connectivity index (χ0) is 43.8. The molecule has 2 nitrogen and oxygen atoms in total. The summed E-state index contributed by atoms with van der Waals surface area (Å²) < 4.78 is 2.44. The van der Waals surface area contributed by atoms with E-state index in [2.05, 4.69) is 276 Å². The number of nitrogens with zero attached hydrogens (tertiary/aromatic N) is 2. The molecule has 66 heavy (non-hydrogen) atoms. The molecule has 0 fully saturated rings. The summed E-state index contributed by atoms with van der Waals surface area (Å²) in [6.45, 7) is 0. The molecule has 0 saturated heterocycles. The number of aromatic nitrogens is 1. The molecule has 0 aliphatic carbocycles. The maximum atomic E-state index is 2.46. The highest BCUT2D eigenvalue weighted by atomic mass is 15.2. The van der Waals surface area contributed by atoms with Gasteiger partial charge in [0.05, 0.1) is 28.1 Å². The van der Waals surface area contributed by atoms with Crippen LogP contribution in [0.4, 0.5) is 17.1 Å². The van der Waals surface area contributed by atoms with Crippen LogP contribution in [0.1, 0.15) is 0 Å². The van der Waals surface area contributed by atoms with Crippen molar-refractivity contribution in [1.29, 1.82) is 0 Å². The van der Waals surface area contributed by atoms with Gasteiger partial charge in [-0.15, -0.1) is 0 Å². The number of hydrogen-bond donors (Lipinski definition) is 0. The molecular weight excluding hydrogens is 797 g/mol. The molecule has 0 bridgehead atoms. The predicted molar refractivity (Wildman–Crippen MR) is 280 cm³/mol. The SMILES string of the molecule is c1ccc(-c2ccccc2-c2ccccc2-c2ccccc2N(c2ccc(-c3ccc(-c4ccc5ccccc5c4)cc3)cc2)c2ccccc2-n2c3ccccc3c3ccccc32)cc1. The minimum absolute atomic E-state index is 1.06. The van der Waals surface area contributed by atoms with Crippen LogP contribution < -0.4 is 4.90 Å². The number of fused-ring (bicyclic) bond motifs is 4. The molecule has 12 rings (SSSR count). The zero-order valence-corrected chi connectivity index (χ0v) is 36.3. The molecule has 2 heteroatoms. The van der Waals surface area contributed by atoms with Crippen LogP contribution in [-0.4, -0.2) is 4.57 Å². The molecule has 0 aliphatic rings. The van der Waals surface area contributed by atoms with Crippen molar-refractivity contribution in [2.24, 2.45) is 0 Å². The maximum absolute atomic E-state index is 2.46. The second-order valence-corrected chi connectivity index (χ2v) is 16.9. The molecular formula is C64H44N2. The second kappa shape index (κ2) is 16.8. The van der Waals surface area contributed by atoms with Crippen molar-refractivity contribution in [1.82, 2.24) is 4.57 Å². The highest BCUT2D eigenvalue weighted by molar-refractivity contribution is 6.10. The standard InChI is InChI=1S/C64H44N2/c1-2-19-49(20-3-1)53-22-6-7-23-54(53)55-24-8-9-25-56(55)57-26-10-13-29-60(57)65(63-32-16-17-33-64(63)66-61-30-14-11-27-58(61)59-28-12-15-31-62(59)66)52-42-40-47(41-43-52)46-34-36-48(37-35-46)51-39-38-45-18-4-5-21-50(45)44-51/h1-44H. The monoisotopic (exact) mass is 840 g/mol. The van der Waals surface area contributed by atoms with Crippen molar-refractivity contribution >= 4 is 49.6 Å². The molecule has 0 atom stereocenters. The average Bonchev–Trinajstić information content (AvgIpc) is 3.74. The molecule has 1 aromatic heterocycles. The lowest BCUT2D eigenvalue weighted by Crippen LogP contribution is -2.14. The van der Waals surface area contributed by atoms with Crippen LogP contribution in [0.5, 0.6) is 0 Å². The first-order chi connectivity index (χ1) is 32.8. The summed E-state index contributed by atoms with van der Waals surface area (Å²) in [5.41, 5.74) is 18.5. The number of anilines is 3. The van der Waals surface area contributed by atoms with Gasteiger partial charge >= 0.3 is 0 Å². The Balaban J connectivity index is 1.02. The normalized spacial score (nSPS) is 11.3. The van der Waals surface area contributed by atoms with Crippen LogP contribution in [-0.2, 0) is 0 Å². The lowest BCUT2D eigenvalue weighted by Gasteiger charge is -2.31. The Kier molecular flexibility index (Phi) is 9.89. The van der Waals surface area contributed by atoms with Crippen LogP contribution in [0, 0.1) is 0 Å². The van der Waals surface area contributed by atoms with Crippen molar-refractivity contribution in [3.8, 4) is 61.3 Å². The van der Waals surface area contributed by atoms with E-state index >= 15 is 0 Å². The quantitative estimate of drug-likeness (QED) is 0.141. The fourth-order valence-corrected chi connectivity index (χ4v) is 9.90.